The Hall–Kier alpha value is -0.0400. The third kappa shape index (κ3) is 34.2. The Morgan fingerprint density at radius 3 is 0.775 bits per heavy atom. The largest absolute Gasteiger partial charge is 0.303 e. The van der Waals surface area contributed by atoms with Crippen molar-refractivity contribution in [3.63, 3.8) is 0 Å². The van der Waals surface area contributed by atoms with E-state index in [1.807, 2.05) is 0 Å². The number of hydrogen-bond donors (Lipinski definition) is 0. The van der Waals surface area contributed by atoms with Gasteiger partial charge in [-0.05, 0) is 50.7 Å². The maximum Gasteiger partial charge on any atom is -0.00187 e. The average molecular weight is 564 g/mol. The smallest absolute Gasteiger partial charge is 0.00187 e. The molecule has 0 aromatic heterocycles. The minimum atomic E-state index is 0.885. The maximum absolute atomic E-state index is 2.85. The van der Waals surface area contributed by atoms with E-state index in [0.717, 1.165) is 11.8 Å². The molecular weight excluding hydrogens is 482 g/mol. The van der Waals surface area contributed by atoms with Crippen LogP contribution < -0.4 is 0 Å². The minimum absolute atomic E-state index is 0.885. The molecule has 0 fully saturated rings. The predicted molar refractivity (Wildman–Crippen MR) is 186 cm³/mol. The van der Waals surface area contributed by atoms with Gasteiger partial charge in [-0.25, -0.2) is 0 Å². The van der Waals surface area contributed by atoms with Crippen LogP contribution in [-0.2, 0) is 0 Å². The van der Waals surface area contributed by atoms with Crippen LogP contribution in [0.2, 0.25) is 0 Å². The molecule has 1 heteroatoms. The first-order valence-electron chi connectivity index (χ1n) is 19.3. The molecule has 1 nitrogen and oxygen atoms in total. The van der Waals surface area contributed by atoms with E-state index >= 15 is 0 Å². The molecule has 0 aromatic rings. The predicted octanol–water partition coefficient (Wildman–Crippen LogP) is 13.9. The van der Waals surface area contributed by atoms with Gasteiger partial charge in [0.1, 0.15) is 0 Å². The van der Waals surface area contributed by atoms with Gasteiger partial charge in [-0.15, -0.1) is 0 Å². The first kappa shape index (κ1) is 40.0. The van der Waals surface area contributed by atoms with Crippen LogP contribution in [0.3, 0.4) is 0 Å². The van der Waals surface area contributed by atoms with Crippen molar-refractivity contribution in [2.24, 2.45) is 11.8 Å². The van der Waals surface area contributed by atoms with Gasteiger partial charge in [0.15, 0.2) is 0 Å². The zero-order valence-electron chi connectivity index (χ0n) is 29.2. The second-order valence-corrected chi connectivity index (χ2v) is 14.4. The van der Waals surface area contributed by atoms with Crippen LogP contribution in [0, 0.1) is 11.8 Å². The van der Waals surface area contributed by atoms with E-state index in [1.54, 1.807) is 0 Å². The summed E-state index contributed by atoms with van der Waals surface area (Å²) < 4.78 is 0. The van der Waals surface area contributed by atoms with Crippen LogP contribution in [0.5, 0.6) is 0 Å². The lowest BCUT2D eigenvalue weighted by atomic mass is 10.0. The van der Waals surface area contributed by atoms with Crippen molar-refractivity contribution in [2.45, 2.75) is 221 Å². The van der Waals surface area contributed by atoms with Gasteiger partial charge in [-0.1, -0.05) is 202 Å². The van der Waals surface area contributed by atoms with Crippen LogP contribution in [0.1, 0.15) is 221 Å². The van der Waals surface area contributed by atoms with Crippen molar-refractivity contribution in [3.8, 4) is 0 Å². The summed E-state index contributed by atoms with van der Waals surface area (Å²) in [7, 11) is 0. The topological polar surface area (TPSA) is 3.24 Å². The highest BCUT2D eigenvalue weighted by molar-refractivity contribution is 4.61. The van der Waals surface area contributed by atoms with Crippen LogP contribution in [-0.4, -0.2) is 24.5 Å². The van der Waals surface area contributed by atoms with Crippen molar-refractivity contribution in [1.29, 1.82) is 0 Å². The van der Waals surface area contributed by atoms with E-state index in [9.17, 15) is 0 Å². The number of hydrogen-bond acceptors (Lipinski definition) is 1. The van der Waals surface area contributed by atoms with Gasteiger partial charge in [-0.3, -0.25) is 0 Å². The molecule has 40 heavy (non-hydrogen) atoms. The molecule has 0 heterocycles. The van der Waals surface area contributed by atoms with E-state index < -0.39 is 0 Å². The quantitative estimate of drug-likeness (QED) is 0.0704. The molecule has 0 amide bonds. The maximum atomic E-state index is 2.85. The summed E-state index contributed by atoms with van der Waals surface area (Å²) in [5, 5.41) is 0. The lowest BCUT2D eigenvalue weighted by Crippen LogP contribution is -2.27. The van der Waals surface area contributed by atoms with E-state index in [4.69, 9.17) is 0 Å². The summed E-state index contributed by atoms with van der Waals surface area (Å²) in [5.41, 5.74) is 0. The van der Waals surface area contributed by atoms with Gasteiger partial charge >= 0.3 is 0 Å². The third-order valence-electron chi connectivity index (χ3n) is 9.09. The van der Waals surface area contributed by atoms with Gasteiger partial charge in [0.2, 0.25) is 0 Å². The fourth-order valence-corrected chi connectivity index (χ4v) is 6.23. The highest BCUT2D eigenvalue weighted by Crippen LogP contribution is 2.16. The molecule has 0 atom stereocenters. The van der Waals surface area contributed by atoms with Crippen molar-refractivity contribution in [3.05, 3.63) is 0 Å². The number of rotatable bonds is 34. The fraction of sp³-hybridized carbons (Fsp3) is 1.00. The zero-order chi connectivity index (χ0) is 29.4. The van der Waals surface area contributed by atoms with Crippen molar-refractivity contribution in [1.82, 2.24) is 4.90 Å². The fourth-order valence-electron chi connectivity index (χ4n) is 6.23. The van der Waals surface area contributed by atoms with Crippen LogP contribution in [0.25, 0.3) is 0 Å². The van der Waals surface area contributed by atoms with Gasteiger partial charge in [0.05, 0.1) is 0 Å². The molecule has 0 bridgehead atoms. The van der Waals surface area contributed by atoms with Crippen LogP contribution >= 0.6 is 0 Å². The summed E-state index contributed by atoms with van der Waals surface area (Å²) in [6.07, 6.45) is 42.2. The monoisotopic (exact) mass is 564 g/mol. The Labute approximate surface area is 256 Å². The zero-order valence-corrected chi connectivity index (χ0v) is 29.2. The van der Waals surface area contributed by atoms with Gasteiger partial charge < -0.3 is 4.90 Å². The summed E-state index contributed by atoms with van der Waals surface area (Å²) >= 11 is 0. The third-order valence-corrected chi connectivity index (χ3v) is 9.09. The Kier molecular flexibility index (Phi) is 33.4. The van der Waals surface area contributed by atoms with Crippen molar-refractivity contribution < 1.29 is 0 Å². The molecule has 0 saturated carbocycles. The summed E-state index contributed by atoms with van der Waals surface area (Å²) in [5.74, 6) is 1.77. The van der Waals surface area contributed by atoms with Crippen molar-refractivity contribution in [2.75, 3.05) is 19.6 Å². The molecule has 0 N–H and O–H groups in total. The molecule has 0 aromatic carbocycles. The van der Waals surface area contributed by atoms with Gasteiger partial charge in [0, 0.05) is 0 Å². The molecular formula is C39H81N. The molecule has 0 aliphatic rings. The summed E-state index contributed by atoms with van der Waals surface area (Å²) in [6, 6.07) is 0. The highest BCUT2D eigenvalue weighted by Gasteiger charge is 2.05. The van der Waals surface area contributed by atoms with E-state index in [-0.39, 0.29) is 0 Å². The van der Waals surface area contributed by atoms with Crippen LogP contribution in [0.15, 0.2) is 0 Å². The highest BCUT2D eigenvalue weighted by atomic mass is 15.1. The minimum Gasteiger partial charge on any atom is -0.303 e. The molecule has 0 spiro atoms. The van der Waals surface area contributed by atoms with E-state index in [2.05, 4.69) is 39.5 Å². The first-order chi connectivity index (χ1) is 19.6. The number of unbranched alkanes of at least 4 members (excludes halogenated alkanes) is 24. The Morgan fingerprint density at radius 2 is 0.525 bits per heavy atom. The molecule has 0 aliphatic heterocycles. The van der Waals surface area contributed by atoms with Crippen molar-refractivity contribution >= 4 is 0 Å². The lowest BCUT2D eigenvalue weighted by molar-refractivity contribution is 0.254. The van der Waals surface area contributed by atoms with Gasteiger partial charge in [-0.2, -0.15) is 0 Å². The second kappa shape index (κ2) is 33.5. The van der Waals surface area contributed by atoms with E-state index in [1.165, 1.54) is 206 Å². The Balaban J connectivity index is 3.90. The Morgan fingerprint density at radius 1 is 0.300 bits per heavy atom. The standard InChI is InChI=1S/C39H81N/c1-6-7-8-9-10-11-12-13-14-15-20-25-30-35-40(36-31-26-21-16-18-23-28-33-38(2)3)37-32-27-22-17-19-24-29-34-39(4)5/h38-39H,6-37H2,1-5H3. The lowest BCUT2D eigenvalue weighted by Gasteiger charge is -2.22. The van der Waals surface area contributed by atoms with E-state index in [0.29, 0.717) is 0 Å². The summed E-state index contributed by atoms with van der Waals surface area (Å²) in [6.45, 7) is 15.8. The second-order valence-electron chi connectivity index (χ2n) is 14.4. The van der Waals surface area contributed by atoms with Crippen LogP contribution in [0.4, 0.5) is 0 Å². The molecule has 0 radical (unpaired) electrons. The molecule has 0 unspecified atom stereocenters. The molecule has 0 rings (SSSR count). The average Bonchev–Trinajstić information content (AvgIpc) is 2.92. The summed E-state index contributed by atoms with van der Waals surface area (Å²) in [4.78, 5) is 2.85. The normalized spacial score (nSPS) is 12.0. The molecule has 242 valence electrons. The molecule has 0 saturated heterocycles. The molecule has 0 aliphatic carbocycles. The van der Waals surface area contributed by atoms with Gasteiger partial charge in [0.25, 0.3) is 0 Å². The Bertz CT molecular complexity index is 416. The number of nitrogens with zero attached hydrogens (tertiary/aromatic N) is 1. The first-order valence-corrected chi connectivity index (χ1v) is 19.3. The SMILES string of the molecule is CCCCCCCCCCCCCCCN(CCCCCCCCCC(C)C)CCCCCCCCCC(C)C.